The summed E-state index contributed by atoms with van der Waals surface area (Å²) in [5, 5.41) is 8.74. The summed E-state index contributed by atoms with van der Waals surface area (Å²) in [6, 6.07) is 0. The molecule has 0 amide bonds. The van der Waals surface area contributed by atoms with Crippen molar-refractivity contribution in [2.75, 3.05) is 6.61 Å². The zero-order chi connectivity index (χ0) is 24.3. The Kier molecular flexibility index (Phi) is 11.6. The quantitative estimate of drug-likeness (QED) is 0.252. The Morgan fingerprint density at radius 2 is 1.55 bits per heavy atom. The van der Waals surface area contributed by atoms with E-state index < -0.39 is 5.97 Å². The van der Waals surface area contributed by atoms with Crippen LogP contribution in [0.3, 0.4) is 0 Å². The molecule has 4 nitrogen and oxygen atoms in total. The van der Waals surface area contributed by atoms with Crippen molar-refractivity contribution < 1.29 is 19.4 Å². The molecule has 0 spiro atoms. The molecule has 0 saturated heterocycles. The average Bonchev–Trinajstić information content (AvgIpc) is 2.78. The highest BCUT2D eigenvalue weighted by molar-refractivity contribution is 5.66. The van der Waals surface area contributed by atoms with Crippen molar-refractivity contribution in [2.45, 2.75) is 137 Å². The standard InChI is InChI=1S/C29H48O4/c1-6-7-8-9-10-12-15-19-29(5)20-18-25-24(4)27(22(2)23(3)28(25)33-29)32-21-16-13-11-14-17-26(30)31/h6-21H2,1-5H3,(H,30,31). The van der Waals surface area contributed by atoms with Crippen molar-refractivity contribution >= 4 is 5.97 Å². The smallest absolute Gasteiger partial charge is 0.303 e. The highest BCUT2D eigenvalue weighted by atomic mass is 16.5. The molecule has 1 atom stereocenters. The average molecular weight is 461 g/mol. The number of benzene rings is 1. The second-order valence-corrected chi connectivity index (χ2v) is 10.3. The largest absolute Gasteiger partial charge is 0.493 e. The van der Waals surface area contributed by atoms with Gasteiger partial charge in [-0.3, -0.25) is 4.79 Å². The number of rotatable bonds is 16. The van der Waals surface area contributed by atoms with Crippen LogP contribution in [0.4, 0.5) is 0 Å². The van der Waals surface area contributed by atoms with Gasteiger partial charge in [0.1, 0.15) is 17.1 Å². The van der Waals surface area contributed by atoms with Crippen LogP contribution in [0.15, 0.2) is 0 Å². The summed E-state index contributed by atoms with van der Waals surface area (Å²) in [7, 11) is 0. The first kappa shape index (κ1) is 27.5. The lowest BCUT2D eigenvalue weighted by Crippen LogP contribution is -2.37. The van der Waals surface area contributed by atoms with Crippen molar-refractivity contribution in [3.8, 4) is 11.5 Å². The maximum Gasteiger partial charge on any atom is 0.303 e. The first-order chi connectivity index (χ1) is 15.8. The molecular formula is C29H48O4. The van der Waals surface area contributed by atoms with Gasteiger partial charge in [-0.1, -0.05) is 58.3 Å². The number of hydrogen-bond acceptors (Lipinski definition) is 3. The van der Waals surface area contributed by atoms with Crippen LogP contribution in [0.5, 0.6) is 11.5 Å². The van der Waals surface area contributed by atoms with Gasteiger partial charge in [-0.05, 0) is 82.9 Å². The van der Waals surface area contributed by atoms with E-state index in [2.05, 4.69) is 34.6 Å². The third kappa shape index (κ3) is 8.54. The molecule has 1 aromatic rings. The molecule has 1 unspecified atom stereocenters. The fourth-order valence-electron chi connectivity index (χ4n) is 5.04. The first-order valence-electron chi connectivity index (χ1n) is 13.5. The summed E-state index contributed by atoms with van der Waals surface area (Å²) in [6.45, 7) is 11.8. The molecule has 0 aromatic heterocycles. The molecule has 0 fully saturated rings. The second kappa shape index (κ2) is 13.9. The van der Waals surface area contributed by atoms with Crippen molar-refractivity contribution in [1.29, 1.82) is 0 Å². The topological polar surface area (TPSA) is 55.8 Å². The fourth-order valence-corrected chi connectivity index (χ4v) is 5.04. The van der Waals surface area contributed by atoms with Crippen LogP contribution in [0.2, 0.25) is 0 Å². The summed E-state index contributed by atoms with van der Waals surface area (Å²) in [5.41, 5.74) is 4.91. The minimum atomic E-state index is -0.706. The van der Waals surface area contributed by atoms with Crippen LogP contribution in [-0.2, 0) is 11.2 Å². The summed E-state index contributed by atoms with van der Waals surface area (Å²) in [4.78, 5) is 10.6. The fraction of sp³-hybridized carbons (Fsp3) is 0.759. The predicted molar refractivity (Wildman–Crippen MR) is 137 cm³/mol. The van der Waals surface area contributed by atoms with E-state index in [0.29, 0.717) is 6.61 Å². The van der Waals surface area contributed by atoms with E-state index in [-0.39, 0.29) is 12.0 Å². The van der Waals surface area contributed by atoms with E-state index in [1.165, 1.54) is 67.2 Å². The molecule has 1 N–H and O–H groups in total. The van der Waals surface area contributed by atoms with E-state index in [9.17, 15) is 4.79 Å². The van der Waals surface area contributed by atoms with Gasteiger partial charge in [0, 0.05) is 12.0 Å². The van der Waals surface area contributed by atoms with Gasteiger partial charge >= 0.3 is 5.97 Å². The van der Waals surface area contributed by atoms with Gasteiger partial charge in [-0.15, -0.1) is 0 Å². The summed E-state index contributed by atoms with van der Waals surface area (Å²) in [5.74, 6) is 1.42. The SMILES string of the molecule is CCCCCCCCCC1(C)CCc2c(C)c(OCCCCCCC(=O)O)c(C)c(C)c2O1. The minimum Gasteiger partial charge on any atom is -0.493 e. The van der Waals surface area contributed by atoms with E-state index in [0.717, 1.165) is 56.4 Å². The number of aliphatic carboxylic acids is 1. The Hall–Kier alpha value is -1.71. The zero-order valence-corrected chi connectivity index (χ0v) is 22.0. The van der Waals surface area contributed by atoms with Crippen LogP contribution in [0, 0.1) is 20.8 Å². The predicted octanol–water partition coefficient (Wildman–Crippen LogP) is 8.25. The van der Waals surface area contributed by atoms with Crippen LogP contribution < -0.4 is 9.47 Å². The number of fused-ring (bicyclic) bond motifs is 1. The molecule has 0 bridgehead atoms. The lowest BCUT2D eigenvalue weighted by atomic mass is 9.84. The van der Waals surface area contributed by atoms with E-state index in [4.69, 9.17) is 14.6 Å². The molecule has 188 valence electrons. The lowest BCUT2D eigenvalue weighted by Gasteiger charge is -2.38. The van der Waals surface area contributed by atoms with Gasteiger partial charge in [-0.2, -0.15) is 0 Å². The Bertz CT molecular complexity index is 755. The van der Waals surface area contributed by atoms with Crippen molar-refractivity contribution in [2.24, 2.45) is 0 Å². The van der Waals surface area contributed by atoms with Gasteiger partial charge in [0.15, 0.2) is 0 Å². The van der Waals surface area contributed by atoms with E-state index >= 15 is 0 Å². The minimum absolute atomic E-state index is 0.0572. The van der Waals surface area contributed by atoms with Gasteiger partial charge in [0.2, 0.25) is 0 Å². The Morgan fingerprint density at radius 3 is 2.24 bits per heavy atom. The first-order valence-corrected chi connectivity index (χ1v) is 13.5. The van der Waals surface area contributed by atoms with Crippen LogP contribution in [-0.4, -0.2) is 23.3 Å². The van der Waals surface area contributed by atoms with Gasteiger partial charge in [0.25, 0.3) is 0 Å². The molecule has 2 rings (SSSR count). The second-order valence-electron chi connectivity index (χ2n) is 10.3. The maximum absolute atomic E-state index is 10.6. The van der Waals surface area contributed by atoms with Gasteiger partial charge < -0.3 is 14.6 Å². The molecule has 1 aromatic carbocycles. The number of carbonyl (C=O) groups is 1. The number of carboxylic acids is 1. The number of carboxylic acid groups (broad SMARTS) is 1. The number of hydrogen-bond donors (Lipinski definition) is 1. The molecule has 0 aliphatic carbocycles. The van der Waals surface area contributed by atoms with Crippen molar-refractivity contribution in [3.05, 3.63) is 22.3 Å². The van der Waals surface area contributed by atoms with Crippen molar-refractivity contribution in [1.82, 2.24) is 0 Å². The van der Waals surface area contributed by atoms with E-state index in [1.54, 1.807) is 0 Å². The lowest BCUT2D eigenvalue weighted by molar-refractivity contribution is -0.137. The third-order valence-corrected chi connectivity index (χ3v) is 7.40. The van der Waals surface area contributed by atoms with Gasteiger partial charge in [0.05, 0.1) is 6.61 Å². The van der Waals surface area contributed by atoms with Crippen LogP contribution >= 0.6 is 0 Å². The normalized spacial score (nSPS) is 17.5. The third-order valence-electron chi connectivity index (χ3n) is 7.40. The Morgan fingerprint density at radius 1 is 0.909 bits per heavy atom. The van der Waals surface area contributed by atoms with Crippen molar-refractivity contribution in [3.63, 3.8) is 0 Å². The number of ether oxygens (including phenoxy) is 2. The molecular weight excluding hydrogens is 412 g/mol. The molecule has 1 aliphatic heterocycles. The summed E-state index contributed by atoms with van der Waals surface area (Å²) < 4.78 is 12.9. The monoisotopic (exact) mass is 460 g/mol. The highest BCUT2D eigenvalue weighted by Crippen LogP contribution is 2.45. The molecule has 0 saturated carbocycles. The van der Waals surface area contributed by atoms with Gasteiger partial charge in [-0.25, -0.2) is 0 Å². The highest BCUT2D eigenvalue weighted by Gasteiger charge is 2.34. The van der Waals surface area contributed by atoms with Crippen LogP contribution in [0.25, 0.3) is 0 Å². The molecule has 33 heavy (non-hydrogen) atoms. The zero-order valence-electron chi connectivity index (χ0n) is 22.0. The van der Waals surface area contributed by atoms with E-state index in [1.807, 2.05) is 0 Å². The Balaban J connectivity index is 1.89. The molecule has 0 radical (unpaired) electrons. The Labute approximate surface area is 202 Å². The molecule has 1 heterocycles. The summed E-state index contributed by atoms with van der Waals surface area (Å²) >= 11 is 0. The number of unbranched alkanes of at least 4 members (excludes halogenated alkanes) is 9. The molecule has 1 aliphatic rings. The van der Waals surface area contributed by atoms with Crippen LogP contribution in [0.1, 0.15) is 126 Å². The molecule has 4 heteroatoms. The maximum atomic E-state index is 10.6. The summed E-state index contributed by atoms with van der Waals surface area (Å²) in [6.07, 6.45) is 16.5.